The number of likely N-dealkylation sites (N-methyl/N-ethyl adjacent to an activating group) is 1. The van der Waals surface area contributed by atoms with Crippen molar-refractivity contribution in [3.05, 3.63) is 24.3 Å². The number of rotatable bonds is 7. The molecule has 5 nitrogen and oxygen atoms in total. The molecule has 0 aliphatic carbocycles. The Labute approximate surface area is 127 Å². The van der Waals surface area contributed by atoms with Crippen LogP contribution in [0.15, 0.2) is 29.2 Å². The monoisotopic (exact) mass is 311 g/mol. The molecule has 0 saturated carbocycles. The van der Waals surface area contributed by atoms with Crippen molar-refractivity contribution >= 4 is 15.7 Å². The van der Waals surface area contributed by atoms with Gasteiger partial charge in [-0.05, 0) is 57.1 Å². The highest BCUT2D eigenvalue weighted by Gasteiger charge is 2.20. The van der Waals surface area contributed by atoms with E-state index in [0.29, 0.717) is 17.5 Å². The molecule has 21 heavy (non-hydrogen) atoms. The van der Waals surface area contributed by atoms with E-state index >= 15 is 0 Å². The summed E-state index contributed by atoms with van der Waals surface area (Å²) in [6.07, 6.45) is 3.26. The van der Waals surface area contributed by atoms with E-state index < -0.39 is 10.0 Å². The third-order valence-electron chi connectivity index (χ3n) is 3.92. The van der Waals surface area contributed by atoms with Gasteiger partial charge in [0.1, 0.15) is 0 Å². The second-order valence-electron chi connectivity index (χ2n) is 5.58. The van der Waals surface area contributed by atoms with Crippen LogP contribution in [0, 0.1) is 0 Å². The molecule has 0 amide bonds. The summed E-state index contributed by atoms with van der Waals surface area (Å²) >= 11 is 0. The van der Waals surface area contributed by atoms with E-state index in [4.69, 9.17) is 0 Å². The molecule has 0 aromatic heterocycles. The molecule has 0 radical (unpaired) electrons. The van der Waals surface area contributed by atoms with E-state index in [1.54, 1.807) is 12.1 Å². The van der Waals surface area contributed by atoms with E-state index in [9.17, 15) is 8.42 Å². The van der Waals surface area contributed by atoms with Gasteiger partial charge >= 0.3 is 0 Å². The standard InChI is InChI=1S/C15H25N3O2S/c1-3-10-17-21(19,20)15-8-6-13(7-9-15)16-12-14-5-4-11-18(14)2/h6-9,14,16-17H,3-5,10-12H2,1-2H3. The second-order valence-corrected chi connectivity index (χ2v) is 7.35. The number of likely N-dealkylation sites (tertiary alicyclic amines) is 1. The molecule has 1 atom stereocenters. The van der Waals surface area contributed by atoms with Crippen LogP contribution >= 0.6 is 0 Å². The van der Waals surface area contributed by atoms with Gasteiger partial charge in [-0.3, -0.25) is 0 Å². The Morgan fingerprint density at radius 2 is 2.00 bits per heavy atom. The Balaban J connectivity index is 1.92. The van der Waals surface area contributed by atoms with Crippen LogP contribution in [0.3, 0.4) is 0 Å². The molecule has 2 N–H and O–H groups in total. The fraction of sp³-hybridized carbons (Fsp3) is 0.600. The Bertz CT molecular complexity index is 543. The van der Waals surface area contributed by atoms with Gasteiger partial charge in [0.2, 0.25) is 10.0 Å². The molecule has 118 valence electrons. The summed E-state index contributed by atoms with van der Waals surface area (Å²) in [5, 5.41) is 3.38. The van der Waals surface area contributed by atoms with Gasteiger partial charge in [0.25, 0.3) is 0 Å². The Kier molecular flexibility index (Phi) is 5.61. The van der Waals surface area contributed by atoms with E-state index in [-0.39, 0.29) is 0 Å². The molecule has 0 bridgehead atoms. The summed E-state index contributed by atoms with van der Waals surface area (Å²) in [7, 11) is -1.22. The summed E-state index contributed by atoms with van der Waals surface area (Å²) in [4.78, 5) is 2.68. The first kappa shape index (κ1) is 16.3. The number of nitrogens with zero attached hydrogens (tertiary/aromatic N) is 1. The van der Waals surface area contributed by atoms with E-state index in [1.165, 1.54) is 12.8 Å². The normalized spacial score (nSPS) is 19.8. The Morgan fingerprint density at radius 3 is 2.57 bits per heavy atom. The number of sulfonamides is 1. The summed E-state index contributed by atoms with van der Waals surface area (Å²) < 4.78 is 26.5. The summed E-state index contributed by atoms with van der Waals surface area (Å²) in [6, 6.07) is 7.53. The fourth-order valence-electron chi connectivity index (χ4n) is 2.54. The average Bonchev–Trinajstić information content (AvgIpc) is 2.89. The van der Waals surface area contributed by atoms with Crippen molar-refractivity contribution in [3.8, 4) is 0 Å². The third-order valence-corrected chi connectivity index (χ3v) is 5.40. The lowest BCUT2D eigenvalue weighted by molar-refractivity contribution is 0.322. The molecular weight excluding hydrogens is 286 g/mol. The van der Waals surface area contributed by atoms with Crippen LogP contribution in [0.4, 0.5) is 5.69 Å². The molecule has 0 spiro atoms. The van der Waals surface area contributed by atoms with Crippen LogP contribution in [0.25, 0.3) is 0 Å². The minimum atomic E-state index is -3.36. The third kappa shape index (κ3) is 4.43. The van der Waals surface area contributed by atoms with Crippen LogP contribution < -0.4 is 10.0 Å². The zero-order valence-electron chi connectivity index (χ0n) is 12.8. The van der Waals surface area contributed by atoms with Crippen LogP contribution in [-0.4, -0.2) is 46.0 Å². The van der Waals surface area contributed by atoms with Crippen molar-refractivity contribution in [2.75, 3.05) is 32.0 Å². The lowest BCUT2D eigenvalue weighted by Gasteiger charge is -2.20. The molecule has 1 aromatic rings. The molecule has 1 fully saturated rings. The van der Waals surface area contributed by atoms with Gasteiger partial charge in [-0.15, -0.1) is 0 Å². The summed E-state index contributed by atoms with van der Waals surface area (Å²) in [5.41, 5.74) is 0.963. The molecule has 1 aromatic carbocycles. The fourth-order valence-corrected chi connectivity index (χ4v) is 3.68. The van der Waals surface area contributed by atoms with Gasteiger partial charge < -0.3 is 10.2 Å². The number of hydrogen-bond acceptors (Lipinski definition) is 4. The molecule has 1 heterocycles. The van der Waals surface area contributed by atoms with Crippen LogP contribution in [0.5, 0.6) is 0 Å². The van der Waals surface area contributed by atoms with E-state index in [2.05, 4.69) is 22.0 Å². The lowest BCUT2D eigenvalue weighted by atomic mass is 10.2. The number of nitrogens with one attached hydrogen (secondary N) is 2. The Hall–Kier alpha value is -1.11. The largest absolute Gasteiger partial charge is 0.383 e. The first-order valence-electron chi connectivity index (χ1n) is 7.57. The van der Waals surface area contributed by atoms with Crippen molar-refractivity contribution in [1.82, 2.24) is 9.62 Å². The van der Waals surface area contributed by atoms with E-state index in [0.717, 1.165) is 25.2 Å². The highest BCUT2D eigenvalue weighted by atomic mass is 32.2. The zero-order chi connectivity index (χ0) is 15.3. The smallest absolute Gasteiger partial charge is 0.240 e. The van der Waals surface area contributed by atoms with Crippen molar-refractivity contribution in [3.63, 3.8) is 0 Å². The zero-order valence-corrected chi connectivity index (χ0v) is 13.6. The maximum atomic E-state index is 12.0. The van der Waals surface area contributed by atoms with Crippen molar-refractivity contribution in [2.45, 2.75) is 37.1 Å². The first-order chi connectivity index (χ1) is 10.0. The average molecular weight is 311 g/mol. The van der Waals surface area contributed by atoms with Crippen LogP contribution in [0.1, 0.15) is 26.2 Å². The van der Waals surface area contributed by atoms with Gasteiger partial charge in [0, 0.05) is 24.8 Å². The van der Waals surface area contributed by atoms with Gasteiger partial charge in [0.05, 0.1) is 4.90 Å². The minimum absolute atomic E-state index is 0.319. The van der Waals surface area contributed by atoms with E-state index in [1.807, 2.05) is 19.1 Å². The molecule has 1 aliphatic heterocycles. The predicted molar refractivity (Wildman–Crippen MR) is 86.1 cm³/mol. The van der Waals surface area contributed by atoms with Gasteiger partial charge in [-0.25, -0.2) is 13.1 Å². The maximum Gasteiger partial charge on any atom is 0.240 e. The lowest BCUT2D eigenvalue weighted by Crippen LogP contribution is -2.31. The second kappa shape index (κ2) is 7.24. The quantitative estimate of drug-likeness (QED) is 0.807. The van der Waals surface area contributed by atoms with Gasteiger partial charge in [0.15, 0.2) is 0 Å². The van der Waals surface area contributed by atoms with Crippen molar-refractivity contribution in [1.29, 1.82) is 0 Å². The summed E-state index contributed by atoms with van der Waals surface area (Å²) in [6.45, 7) is 4.47. The summed E-state index contributed by atoms with van der Waals surface area (Å²) in [5.74, 6) is 0. The first-order valence-corrected chi connectivity index (χ1v) is 9.05. The van der Waals surface area contributed by atoms with Crippen LogP contribution in [0.2, 0.25) is 0 Å². The molecule has 6 heteroatoms. The van der Waals surface area contributed by atoms with Crippen molar-refractivity contribution in [2.24, 2.45) is 0 Å². The Morgan fingerprint density at radius 1 is 1.29 bits per heavy atom. The SMILES string of the molecule is CCCNS(=O)(=O)c1ccc(NCC2CCCN2C)cc1. The molecular formula is C15H25N3O2S. The molecule has 2 rings (SSSR count). The molecule has 1 aliphatic rings. The highest BCUT2D eigenvalue weighted by Crippen LogP contribution is 2.17. The topological polar surface area (TPSA) is 61.4 Å². The number of anilines is 1. The maximum absolute atomic E-state index is 12.0. The van der Waals surface area contributed by atoms with Gasteiger partial charge in [-0.1, -0.05) is 6.92 Å². The van der Waals surface area contributed by atoms with Crippen molar-refractivity contribution < 1.29 is 8.42 Å². The van der Waals surface area contributed by atoms with Gasteiger partial charge in [-0.2, -0.15) is 0 Å². The molecule has 1 saturated heterocycles. The highest BCUT2D eigenvalue weighted by molar-refractivity contribution is 7.89. The molecule has 1 unspecified atom stereocenters. The number of hydrogen-bond donors (Lipinski definition) is 2. The minimum Gasteiger partial charge on any atom is -0.383 e. The number of benzene rings is 1. The van der Waals surface area contributed by atoms with Crippen LogP contribution in [-0.2, 0) is 10.0 Å². The predicted octanol–water partition coefficient (Wildman–Crippen LogP) is 1.88.